The van der Waals surface area contributed by atoms with Crippen molar-refractivity contribution in [3.63, 3.8) is 0 Å². The van der Waals surface area contributed by atoms with Crippen LogP contribution in [0.3, 0.4) is 0 Å². The van der Waals surface area contributed by atoms with Gasteiger partial charge in [0.15, 0.2) is 33.2 Å². The monoisotopic (exact) mass is 497 g/mol. The van der Waals surface area contributed by atoms with E-state index in [4.69, 9.17) is 16.9 Å². The molecule has 13 heteroatoms. The number of amidine groups is 1. The summed E-state index contributed by atoms with van der Waals surface area (Å²) in [6, 6.07) is 1.90. The topological polar surface area (TPSA) is 137 Å². The van der Waals surface area contributed by atoms with E-state index in [0.29, 0.717) is 11.8 Å². The number of sulfone groups is 1. The molecule has 1 heterocycles. The fraction of sp³-hybridized carbons (Fsp3) is 0.300. The van der Waals surface area contributed by atoms with Gasteiger partial charge in [0.1, 0.15) is 9.77 Å². The number of carbonyl (C=O) groups excluding carboxylic acids is 1. The predicted octanol–water partition coefficient (Wildman–Crippen LogP) is 2.00. The highest BCUT2D eigenvalue weighted by atomic mass is 32.3. The molecule has 3 N–H and O–H groups in total. The minimum absolute atomic E-state index is 0.0295. The highest BCUT2D eigenvalue weighted by molar-refractivity contribution is 8.23. The van der Waals surface area contributed by atoms with Gasteiger partial charge in [0.25, 0.3) is 5.91 Å². The molecule has 2 aromatic rings. The summed E-state index contributed by atoms with van der Waals surface area (Å²) >= 11 is 0.708. The van der Waals surface area contributed by atoms with E-state index in [0.717, 1.165) is 24.6 Å². The lowest BCUT2D eigenvalue weighted by atomic mass is 10.1. The summed E-state index contributed by atoms with van der Waals surface area (Å²) < 4.78 is 57.0. The van der Waals surface area contributed by atoms with Crippen LogP contribution in [-0.4, -0.2) is 53.4 Å². The first-order valence-corrected chi connectivity index (χ1v) is 11.9. The third-order valence-corrected chi connectivity index (χ3v) is 8.20. The zero-order chi connectivity index (χ0) is 24.8. The number of rotatable bonds is 8. The number of aliphatic imine (C=N–C) groups is 1. The molecule has 0 saturated carbocycles. The van der Waals surface area contributed by atoms with Crippen molar-refractivity contribution in [2.45, 2.75) is 17.4 Å². The smallest absolute Gasteiger partial charge is 0.275 e. The van der Waals surface area contributed by atoms with Crippen molar-refractivity contribution < 1.29 is 26.7 Å². The van der Waals surface area contributed by atoms with Gasteiger partial charge in [-0.1, -0.05) is 17.7 Å². The van der Waals surface area contributed by atoms with Crippen LogP contribution in [0.1, 0.15) is 23.0 Å². The highest BCUT2D eigenvalue weighted by Gasteiger charge is 2.39. The molecule has 1 aromatic heterocycles. The number of halogens is 2. The molecule has 0 fully saturated rings. The van der Waals surface area contributed by atoms with E-state index < -0.39 is 37.9 Å². The molecule has 9 nitrogen and oxygen atoms in total. The number of anilines is 1. The number of amides is 1. The number of nitrogens with two attached hydrogens (primary N) is 1. The zero-order valence-electron chi connectivity index (χ0n) is 17.9. The highest BCUT2D eigenvalue weighted by Crippen LogP contribution is 2.36. The second-order valence-corrected chi connectivity index (χ2v) is 11.1. The molecule has 0 bridgehead atoms. The lowest BCUT2D eigenvalue weighted by Crippen LogP contribution is -2.36. The molecule has 0 spiro atoms. The third-order valence-electron chi connectivity index (χ3n) is 4.36. The summed E-state index contributed by atoms with van der Waals surface area (Å²) in [5.41, 5.74) is 5.15. The van der Waals surface area contributed by atoms with E-state index in [1.54, 1.807) is 0 Å². The van der Waals surface area contributed by atoms with Gasteiger partial charge in [0.05, 0.1) is 12.4 Å². The van der Waals surface area contributed by atoms with Gasteiger partial charge >= 0.3 is 0 Å². The Morgan fingerprint density at radius 3 is 2.61 bits per heavy atom. The van der Waals surface area contributed by atoms with E-state index >= 15 is 0 Å². The summed E-state index contributed by atoms with van der Waals surface area (Å²) in [6.45, 7) is 1.30. The molecule has 176 valence electrons. The van der Waals surface area contributed by atoms with Gasteiger partial charge in [0, 0.05) is 31.5 Å². The van der Waals surface area contributed by atoms with Gasteiger partial charge in [0.2, 0.25) is 5.88 Å². The molecule has 0 aliphatic carbocycles. The Balaban J connectivity index is 2.32. The Morgan fingerprint density at radius 1 is 1.36 bits per heavy atom. The van der Waals surface area contributed by atoms with Crippen LogP contribution in [-0.2, 0) is 16.3 Å². The van der Waals surface area contributed by atoms with Gasteiger partial charge in [-0.05, 0) is 18.6 Å². The fourth-order valence-electron chi connectivity index (χ4n) is 2.52. The van der Waals surface area contributed by atoms with Crippen molar-refractivity contribution in [2.24, 2.45) is 10.7 Å². The summed E-state index contributed by atoms with van der Waals surface area (Å²) in [7, 11) is -2.43. The van der Waals surface area contributed by atoms with Crippen molar-refractivity contribution >= 4 is 38.4 Å². The van der Waals surface area contributed by atoms with E-state index in [2.05, 4.69) is 26.2 Å². The van der Waals surface area contributed by atoms with Crippen molar-refractivity contribution in [2.75, 3.05) is 25.2 Å². The minimum Gasteiger partial charge on any atom is -0.463 e. The Hall–Kier alpha value is -3.24. The first-order valence-electron chi connectivity index (χ1n) is 9.18. The summed E-state index contributed by atoms with van der Waals surface area (Å²) in [6.07, 6.45) is 7.88. The first kappa shape index (κ1) is 26.0. The van der Waals surface area contributed by atoms with Gasteiger partial charge in [-0.3, -0.25) is 9.79 Å². The van der Waals surface area contributed by atoms with Crippen LogP contribution < -0.4 is 15.8 Å². The summed E-state index contributed by atoms with van der Waals surface area (Å²) in [4.78, 5) is 23.9. The number of hydrogen-bond donors (Lipinski definition) is 2. The zero-order valence-corrected chi connectivity index (χ0v) is 19.6. The fourth-order valence-corrected chi connectivity index (χ4v) is 4.56. The number of carbonyl (C=O) groups is 1. The Labute approximate surface area is 194 Å². The van der Waals surface area contributed by atoms with Crippen LogP contribution in [0.25, 0.3) is 0 Å². The Bertz CT molecular complexity index is 1210. The van der Waals surface area contributed by atoms with Gasteiger partial charge in [-0.15, -0.1) is 6.42 Å². The van der Waals surface area contributed by atoms with Crippen LogP contribution in [0.4, 0.5) is 14.5 Å². The molecule has 0 unspecified atom stereocenters. The van der Waals surface area contributed by atoms with Gasteiger partial charge < -0.3 is 15.8 Å². The van der Waals surface area contributed by atoms with Crippen molar-refractivity contribution in [1.29, 1.82) is 0 Å². The molecule has 0 radical (unpaired) electrons. The molecule has 1 aromatic carbocycles. The lowest BCUT2D eigenvalue weighted by Gasteiger charge is -2.27. The first-order chi connectivity index (χ1) is 15.4. The summed E-state index contributed by atoms with van der Waals surface area (Å²) in [5, 5.41) is 2.34. The van der Waals surface area contributed by atoms with Gasteiger partial charge in [-0.25, -0.2) is 27.2 Å². The number of benzene rings is 1. The van der Waals surface area contributed by atoms with Gasteiger partial charge in [-0.2, -0.15) is 0 Å². The average molecular weight is 498 g/mol. The third kappa shape index (κ3) is 6.62. The van der Waals surface area contributed by atoms with E-state index in [-0.39, 0.29) is 34.6 Å². The second kappa shape index (κ2) is 10.6. The largest absolute Gasteiger partial charge is 0.463 e. The maximum Gasteiger partial charge on any atom is 0.275 e. The van der Waals surface area contributed by atoms with Crippen LogP contribution >= 0.6 is 11.8 Å². The average Bonchev–Trinajstić information content (AvgIpc) is 2.75. The number of aromatic nitrogens is 2. The SMILES string of the molecule is C#CCOc1cnc(C(=O)Nc2cc(F)c(F)c(C[C@@](C)(SC(N)=NC)S(C)(=O)=O)c2)cn1. The molecular formula is C20H21F2N5O4S2. The van der Waals surface area contributed by atoms with Crippen molar-refractivity contribution in [1.82, 2.24) is 9.97 Å². The number of hydrogen-bond acceptors (Lipinski definition) is 8. The second-order valence-electron chi connectivity index (χ2n) is 6.86. The lowest BCUT2D eigenvalue weighted by molar-refractivity contribution is 0.102. The van der Waals surface area contributed by atoms with Crippen LogP contribution in [0, 0.1) is 24.0 Å². The maximum absolute atomic E-state index is 14.5. The van der Waals surface area contributed by atoms with Crippen LogP contribution in [0.2, 0.25) is 0 Å². The molecule has 1 atom stereocenters. The molecule has 0 aliphatic heterocycles. The number of nitrogens with zero attached hydrogens (tertiary/aromatic N) is 3. The number of thioether (sulfide) groups is 1. The molecule has 33 heavy (non-hydrogen) atoms. The van der Waals surface area contributed by atoms with Crippen LogP contribution in [0.15, 0.2) is 29.5 Å². The number of terminal acetylenes is 1. The summed E-state index contributed by atoms with van der Waals surface area (Å²) in [5.74, 6) is -0.921. The van der Waals surface area contributed by atoms with Crippen LogP contribution in [0.5, 0.6) is 5.88 Å². The Morgan fingerprint density at radius 2 is 2.06 bits per heavy atom. The maximum atomic E-state index is 14.5. The number of ether oxygens (including phenoxy) is 1. The van der Waals surface area contributed by atoms with Crippen molar-refractivity contribution in [3.05, 3.63) is 47.4 Å². The normalized spacial score (nSPS) is 13.6. The molecule has 1 amide bonds. The Kier molecular flexibility index (Phi) is 8.34. The molecule has 0 aliphatic rings. The minimum atomic E-state index is -3.80. The van der Waals surface area contributed by atoms with E-state index in [1.165, 1.54) is 20.2 Å². The van der Waals surface area contributed by atoms with E-state index in [9.17, 15) is 22.0 Å². The molecule has 2 rings (SSSR count). The standard InChI is InChI=1S/C20H21F2N5O4S2/c1-5-6-31-16-11-25-15(10-26-16)18(28)27-13-7-12(17(22)14(21)8-13)9-20(2,33(4,29)30)32-19(23)24-3/h1,7-8,10-11H,6,9H2,2-4H3,(H2,23,24)(H,27,28)/t20-/m0/s1. The van der Waals surface area contributed by atoms with Crippen molar-refractivity contribution in [3.8, 4) is 18.2 Å². The molecule has 0 saturated heterocycles. The predicted molar refractivity (Wildman–Crippen MR) is 123 cm³/mol. The van der Waals surface area contributed by atoms with E-state index in [1.807, 2.05) is 0 Å². The number of nitrogens with one attached hydrogen (secondary N) is 1. The molecular weight excluding hydrogens is 476 g/mol. The quantitative estimate of drug-likeness (QED) is 0.321.